The fourth-order valence-electron chi connectivity index (χ4n) is 3.10. The van der Waals surface area contributed by atoms with Crippen LogP contribution in [0.15, 0.2) is 41.3 Å². The number of hydrogen-bond acceptors (Lipinski definition) is 6. The molecule has 32 heavy (non-hydrogen) atoms. The molecule has 2 aromatic heterocycles. The zero-order chi connectivity index (χ0) is 23.0. The molecule has 0 aliphatic carbocycles. The number of hydrogen-bond donors (Lipinski definition) is 1. The lowest BCUT2D eigenvalue weighted by molar-refractivity contribution is -0.138. The molecule has 0 radical (unpaired) electrons. The normalized spacial score (nSPS) is 11.9. The van der Waals surface area contributed by atoms with Gasteiger partial charge in [0.2, 0.25) is 0 Å². The second-order valence-electron chi connectivity index (χ2n) is 7.15. The SMILES string of the molecule is Cc1cc2nc(CC(=O)O)sc2cc1SCc1sc(-c2ccc(C(F)(F)F)cc2)nc1C. The molecule has 4 rings (SSSR count). The maximum absolute atomic E-state index is 12.8. The van der Waals surface area contributed by atoms with E-state index in [2.05, 4.69) is 9.97 Å². The van der Waals surface area contributed by atoms with E-state index >= 15 is 0 Å². The van der Waals surface area contributed by atoms with Gasteiger partial charge in [-0.3, -0.25) is 4.79 Å². The van der Waals surface area contributed by atoms with Gasteiger partial charge in [-0.2, -0.15) is 13.2 Å². The first-order chi connectivity index (χ1) is 15.1. The fourth-order valence-corrected chi connectivity index (χ4v) is 6.41. The maximum Gasteiger partial charge on any atom is 0.416 e. The van der Waals surface area contributed by atoms with Crippen molar-refractivity contribution in [3.63, 3.8) is 0 Å². The van der Waals surface area contributed by atoms with Crippen LogP contribution in [0.25, 0.3) is 20.8 Å². The summed E-state index contributed by atoms with van der Waals surface area (Å²) in [7, 11) is 0. The van der Waals surface area contributed by atoms with E-state index in [1.807, 2.05) is 26.0 Å². The number of aliphatic carboxylic acids is 1. The predicted octanol–water partition coefficient (Wildman–Crippen LogP) is 6.97. The number of thioether (sulfide) groups is 1. The monoisotopic (exact) mass is 494 g/mol. The summed E-state index contributed by atoms with van der Waals surface area (Å²) in [5, 5.41) is 10.3. The Morgan fingerprint density at radius 2 is 1.81 bits per heavy atom. The third-order valence-corrected chi connectivity index (χ3v) is 8.33. The molecule has 0 bridgehead atoms. The van der Waals surface area contributed by atoms with E-state index in [4.69, 9.17) is 5.11 Å². The van der Waals surface area contributed by atoms with E-state index < -0.39 is 17.7 Å². The van der Waals surface area contributed by atoms with Crippen molar-refractivity contribution in [1.82, 2.24) is 9.97 Å². The van der Waals surface area contributed by atoms with Crippen LogP contribution in [0.1, 0.15) is 26.7 Å². The van der Waals surface area contributed by atoms with Crippen molar-refractivity contribution in [1.29, 1.82) is 0 Å². The minimum Gasteiger partial charge on any atom is -0.481 e. The number of halogens is 3. The van der Waals surface area contributed by atoms with Crippen LogP contribution >= 0.6 is 34.4 Å². The van der Waals surface area contributed by atoms with E-state index in [0.29, 0.717) is 21.3 Å². The molecule has 0 atom stereocenters. The summed E-state index contributed by atoms with van der Waals surface area (Å²) in [6.45, 7) is 3.89. The summed E-state index contributed by atoms with van der Waals surface area (Å²) >= 11 is 4.51. The van der Waals surface area contributed by atoms with Crippen LogP contribution in [0.3, 0.4) is 0 Å². The van der Waals surface area contributed by atoms with Gasteiger partial charge in [0.15, 0.2) is 0 Å². The summed E-state index contributed by atoms with van der Waals surface area (Å²) in [5.74, 6) is -0.225. The summed E-state index contributed by atoms with van der Waals surface area (Å²) in [6.07, 6.45) is -4.45. The first-order valence-electron chi connectivity index (χ1n) is 9.49. The number of aryl methyl sites for hydroxylation is 2. The number of fused-ring (bicyclic) bond motifs is 1. The highest BCUT2D eigenvalue weighted by Gasteiger charge is 2.30. The molecule has 0 saturated carbocycles. The molecule has 1 N–H and O–H groups in total. The molecular weight excluding hydrogens is 477 g/mol. The van der Waals surface area contributed by atoms with Gasteiger partial charge in [-0.15, -0.1) is 34.4 Å². The molecule has 0 spiro atoms. The Bertz CT molecular complexity index is 1290. The van der Waals surface area contributed by atoms with Crippen molar-refractivity contribution in [3.05, 3.63) is 63.1 Å². The number of benzene rings is 2. The number of carbonyl (C=O) groups is 1. The van der Waals surface area contributed by atoms with Crippen LogP contribution in [0, 0.1) is 13.8 Å². The Morgan fingerprint density at radius 1 is 1.09 bits per heavy atom. The third-order valence-electron chi connectivity index (χ3n) is 4.74. The highest BCUT2D eigenvalue weighted by atomic mass is 32.2. The zero-order valence-corrected chi connectivity index (χ0v) is 19.4. The average Bonchev–Trinajstić information content (AvgIpc) is 3.27. The molecule has 0 saturated heterocycles. The van der Waals surface area contributed by atoms with Gasteiger partial charge < -0.3 is 5.11 Å². The van der Waals surface area contributed by atoms with Crippen molar-refractivity contribution >= 4 is 50.6 Å². The van der Waals surface area contributed by atoms with Gasteiger partial charge in [-0.05, 0) is 43.7 Å². The van der Waals surface area contributed by atoms with Crippen LogP contribution < -0.4 is 0 Å². The van der Waals surface area contributed by atoms with Crippen molar-refractivity contribution in [3.8, 4) is 10.6 Å². The summed E-state index contributed by atoms with van der Waals surface area (Å²) < 4.78 is 39.3. The van der Waals surface area contributed by atoms with Gasteiger partial charge >= 0.3 is 12.1 Å². The van der Waals surface area contributed by atoms with Crippen LogP contribution in [0.4, 0.5) is 13.2 Å². The molecule has 2 aromatic carbocycles. The number of alkyl halides is 3. The van der Waals surface area contributed by atoms with Crippen molar-refractivity contribution in [2.75, 3.05) is 0 Å². The van der Waals surface area contributed by atoms with E-state index in [1.165, 1.54) is 34.8 Å². The minimum atomic E-state index is -4.36. The number of carboxylic acid groups (broad SMARTS) is 1. The molecule has 0 aliphatic rings. The Kier molecular flexibility index (Phi) is 6.28. The molecule has 0 aliphatic heterocycles. The van der Waals surface area contributed by atoms with Gasteiger partial charge in [-0.25, -0.2) is 9.97 Å². The Hall–Kier alpha value is -2.43. The number of thiazole rings is 2. The summed E-state index contributed by atoms with van der Waals surface area (Å²) in [6, 6.07) is 9.06. The van der Waals surface area contributed by atoms with Crippen molar-refractivity contribution in [2.45, 2.75) is 37.1 Å². The van der Waals surface area contributed by atoms with E-state index in [9.17, 15) is 18.0 Å². The lowest BCUT2D eigenvalue weighted by atomic mass is 10.1. The molecule has 2 heterocycles. The van der Waals surface area contributed by atoms with Gasteiger partial charge in [0.05, 0.1) is 27.9 Å². The lowest BCUT2D eigenvalue weighted by Crippen LogP contribution is -2.03. The first-order valence-corrected chi connectivity index (χ1v) is 12.1. The van der Waals surface area contributed by atoms with Gasteiger partial charge in [-0.1, -0.05) is 12.1 Å². The average molecular weight is 495 g/mol. The van der Waals surface area contributed by atoms with Crippen LogP contribution in [-0.2, 0) is 23.1 Å². The minimum absolute atomic E-state index is 0.0896. The van der Waals surface area contributed by atoms with Gasteiger partial charge in [0.1, 0.15) is 10.0 Å². The Labute approximate surface area is 194 Å². The number of aromatic nitrogens is 2. The topological polar surface area (TPSA) is 63.1 Å². The van der Waals surface area contributed by atoms with Crippen LogP contribution in [0.2, 0.25) is 0 Å². The molecule has 10 heteroatoms. The molecule has 4 aromatic rings. The molecule has 0 fully saturated rings. The quantitative estimate of drug-likeness (QED) is 0.293. The zero-order valence-electron chi connectivity index (χ0n) is 17.0. The molecule has 4 nitrogen and oxygen atoms in total. The van der Waals surface area contributed by atoms with Crippen molar-refractivity contribution < 1.29 is 23.1 Å². The predicted molar refractivity (Wildman–Crippen MR) is 123 cm³/mol. The molecule has 0 amide bonds. The standard InChI is InChI=1S/C22H17F3N2O2S3/c1-11-7-15-17(31-19(27-15)9-20(28)29)8-16(11)30-10-18-12(2)26-21(32-18)13-3-5-14(6-4-13)22(23,24)25/h3-8H,9-10H2,1-2H3,(H,28,29). The molecule has 0 unspecified atom stereocenters. The maximum atomic E-state index is 12.8. The Morgan fingerprint density at radius 3 is 2.47 bits per heavy atom. The van der Waals surface area contributed by atoms with Gasteiger partial charge in [0.25, 0.3) is 0 Å². The highest BCUT2D eigenvalue weighted by molar-refractivity contribution is 7.98. The summed E-state index contributed by atoms with van der Waals surface area (Å²) in [5.41, 5.74) is 2.70. The Balaban J connectivity index is 1.52. The van der Waals surface area contributed by atoms with E-state index in [0.717, 1.165) is 43.4 Å². The van der Waals surface area contributed by atoms with Crippen LogP contribution in [-0.4, -0.2) is 21.0 Å². The molecule has 166 valence electrons. The summed E-state index contributed by atoms with van der Waals surface area (Å²) in [4.78, 5) is 22.0. The smallest absolute Gasteiger partial charge is 0.416 e. The first kappa shape index (κ1) is 22.8. The van der Waals surface area contributed by atoms with E-state index in [1.54, 1.807) is 11.8 Å². The highest BCUT2D eigenvalue weighted by Crippen LogP contribution is 2.37. The third kappa shape index (κ3) is 4.97. The number of carboxylic acids is 1. The van der Waals surface area contributed by atoms with Gasteiger partial charge in [0, 0.05) is 21.1 Å². The number of rotatable bonds is 6. The van der Waals surface area contributed by atoms with Crippen molar-refractivity contribution in [2.24, 2.45) is 0 Å². The fraction of sp³-hybridized carbons (Fsp3) is 0.227. The lowest BCUT2D eigenvalue weighted by Gasteiger charge is -2.06. The van der Waals surface area contributed by atoms with E-state index in [-0.39, 0.29) is 6.42 Å². The largest absolute Gasteiger partial charge is 0.481 e. The second kappa shape index (κ2) is 8.84. The second-order valence-corrected chi connectivity index (χ2v) is 10.4. The van der Waals surface area contributed by atoms with Crippen LogP contribution in [0.5, 0.6) is 0 Å². The molecular formula is C22H17F3N2O2S3. The number of nitrogens with zero attached hydrogens (tertiary/aromatic N) is 2.